The van der Waals surface area contributed by atoms with Crippen LogP contribution in [0.4, 0.5) is 11.4 Å². The Morgan fingerprint density at radius 1 is 1.16 bits per heavy atom. The molecular weight excluding hydrogens is 404 g/mol. The summed E-state index contributed by atoms with van der Waals surface area (Å²) in [5.41, 5.74) is 0.0202. The first kappa shape index (κ1) is 23.0. The minimum absolute atomic E-state index is 0.0481. The smallest absolute Gasteiger partial charge is 0.329 e. The van der Waals surface area contributed by atoms with Gasteiger partial charge in [0.1, 0.15) is 12.1 Å². The lowest BCUT2D eigenvalue weighted by Crippen LogP contribution is -2.45. The number of ether oxygens (including phenoxy) is 1. The number of nitriles is 1. The van der Waals surface area contributed by atoms with E-state index in [1.165, 1.54) is 6.07 Å². The van der Waals surface area contributed by atoms with Crippen molar-refractivity contribution < 1.29 is 24.0 Å². The SMILES string of the molecule is CC(C)[C@@H](NC(=O)c1ccccc1)C(=O)OCC(=O)Nc1ccc([N+](=O)[O-])cc1C#N. The molecule has 10 heteroatoms. The number of nitrogens with one attached hydrogen (secondary N) is 2. The maximum absolute atomic E-state index is 12.4. The molecule has 0 heterocycles. The number of nitro benzene ring substituents is 1. The van der Waals surface area contributed by atoms with Crippen LogP contribution < -0.4 is 10.6 Å². The van der Waals surface area contributed by atoms with Gasteiger partial charge in [-0.25, -0.2) is 4.79 Å². The second-order valence-corrected chi connectivity index (χ2v) is 6.82. The van der Waals surface area contributed by atoms with E-state index in [1.807, 2.05) is 0 Å². The van der Waals surface area contributed by atoms with Gasteiger partial charge in [0.15, 0.2) is 6.61 Å². The molecule has 31 heavy (non-hydrogen) atoms. The molecule has 0 aliphatic carbocycles. The van der Waals surface area contributed by atoms with Crippen molar-refractivity contribution in [3.05, 3.63) is 69.8 Å². The maximum atomic E-state index is 12.4. The van der Waals surface area contributed by atoms with Crippen LogP contribution in [-0.2, 0) is 14.3 Å². The fraction of sp³-hybridized carbons (Fsp3) is 0.238. The molecule has 0 aliphatic heterocycles. The molecule has 2 aromatic rings. The summed E-state index contributed by atoms with van der Waals surface area (Å²) >= 11 is 0. The highest BCUT2D eigenvalue weighted by Gasteiger charge is 2.27. The molecule has 0 bridgehead atoms. The van der Waals surface area contributed by atoms with Gasteiger partial charge in [-0.3, -0.25) is 19.7 Å². The lowest BCUT2D eigenvalue weighted by Gasteiger charge is -2.20. The third kappa shape index (κ3) is 6.37. The standard InChI is InChI=1S/C21H20N4O6/c1-13(2)19(24-20(27)14-6-4-3-5-7-14)21(28)31-12-18(26)23-17-9-8-16(25(29)30)10-15(17)11-22/h3-10,13,19H,12H2,1-2H3,(H,23,26)(H,24,27)/t19-/m1/s1. The number of hydrogen-bond donors (Lipinski definition) is 2. The molecule has 2 rings (SSSR count). The summed E-state index contributed by atoms with van der Waals surface area (Å²) in [6.45, 7) is 2.77. The Morgan fingerprint density at radius 2 is 1.84 bits per heavy atom. The highest BCUT2D eigenvalue weighted by atomic mass is 16.6. The molecule has 0 radical (unpaired) electrons. The number of benzene rings is 2. The van der Waals surface area contributed by atoms with E-state index in [0.717, 1.165) is 12.1 Å². The van der Waals surface area contributed by atoms with Gasteiger partial charge in [-0.05, 0) is 24.1 Å². The monoisotopic (exact) mass is 424 g/mol. The number of nitrogens with zero attached hydrogens (tertiary/aromatic N) is 2. The number of non-ortho nitro benzene ring substituents is 1. The minimum atomic E-state index is -0.977. The summed E-state index contributed by atoms with van der Waals surface area (Å²) in [4.78, 5) is 47.0. The molecule has 0 spiro atoms. The minimum Gasteiger partial charge on any atom is -0.454 e. The number of carbonyl (C=O) groups excluding carboxylic acids is 3. The fourth-order valence-electron chi connectivity index (χ4n) is 2.57. The quantitative estimate of drug-likeness (QED) is 0.375. The van der Waals surface area contributed by atoms with Crippen molar-refractivity contribution in [1.29, 1.82) is 5.26 Å². The number of amides is 2. The van der Waals surface area contributed by atoms with Crippen molar-refractivity contribution in [2.45, 2.75) is 19.9 Å². The van der Waals surface area contributed by atoms with Crippen LogP contribution in [0.15, 0.2) is 48.5 Å². The molecule has 0 fully saturated rings. The van der Waals surface area contributed by atoms with Gasteiger partial charge < -0.3 is 15.4 Å². The third-order valence-corrected chi connectivity index (χ3v) is 4.20. The number of esters is 1. The lowest BCUT2D eigenvalue weighted by atomic mass is 10.0. The van der Waals surface area contributed by atoms with E-state index in [9.17, 15) is 24.5 Å². The van der Waals surface area contributed by atoms with Crippen molar-refractivity contribution in [3.63, 3.8) is 0 Å². The van der Waals surface area contributed by atoms with Crippen molar-refractivity contribution in [3.8, 4) is 6.07 Å². The van der Waals surface area contributed by atoms with Gasteiger partial charge in [-0.15, -0.1) is 0 Å². The summed E-state index contributed by atoms with van der Waals surface area (Å²) in [6, 6.07) is 12.5. The molecule has 0 unspecified atom stereocenters. The van der Waals surface area contributed by atoms with Gasteiger partial charge in [-0.1, -0.05) is 32.0 Å². The highest BCUT2D eigenvalue weighted by Crippen LogP contribution is 2.21. The molecule has 0 saturated heterocycles. The normalized spacial score (nSPS) is 11.2. The average Bonchev–Trinajstić information content (AvgIpc) is 2.76. The summed E-state index contributed by atoms with van der Waals surface area (Å²) < 4.78 is 5.01. The first-order chi connectivity index (χ1) is 14.7. The Kier molecular flexibility index (Phi) is 7.80. The van der Waals surface area contributed by atoms with E-state index < -0.39 is 35.4 Å². The largest absolute Gasteiger partial charge is 0.454 e. The molecule has 2 aromatic carbocycles. The van der Waals surface area contributed by atoms with Crippen LogP contribution >= 0.6 is 0 Å². The van der Waals surface area contributed by atoms with Crippen LogP contribution in [0.1, 0.15) is 29.8 Å². The molecule has 2 amide bonds. The molecular formula is C21H20N4O6. The Labute approximate surface area is 178 Å². The topological polar surface area (TPSA) is 151 Å². The first-order valence-electron chi connectivity index (χ1n) is 9.24. The van der Waals surface area contributed by atoms with Gasteiger partial charge in [-0.2, -0.15) is 5.26 Å². The lowest BCUT2D eigenvalue weighted by molar-refractivity contribution is -0.384. The number of carbonyl (C=O) groups is 3. The molecule has 0 saturated carbocycles. The Morgan fingerprint density at radius 3 is 2.42 bits per heavy atom. The zero-order valence-corrected chi connectivity index (χ0v) is 16.8. The van der Waals surface area contributed by atoms with E-state index in [-0.39, 0.29) is 22.9 Å². The number of hydrogen-bond acceptors (Lipinski definition) is 7. The van der Waals surface area contributed by atoms with E-state index in [0.29, 0.717) is 5.56 Å². The van der Waals surface area contributed by atoms with Crippen LogP contribution in [0.3, 0.4) is 0 Å². The highest BCUT2D eigenvalue weighted by molar-refractivity contribution is 5.97. The van der Waals surface area contributed by atoms with Crippen molar-refractivity contribution in [2.24, 2.45) is 5.92 Å². The fourth-order valence-corrected chi connectivity index (χ4v) is 2.57. The predicted molar refractivity (Wildman–Crippen MR) is 110 cm³/mol. The Balaban J connectivity index is 1.98. The van der Waals surface area contributed by atoms with Crippen molar-refractivity contribution in [2.75, 3.05) is 11.9 Å². The van der Waals surface area contributed by atoms with Gasteiger partial charge >= 0.3 is 5.97 Å². The summed E-state index contributed by atoms with van der Waals surface area (Å²) in [6.07, 6.45) is 0. The van der Waals surface area contributed by atoms with E-state index in [1.54, 1.807) is 50.2 Å². The predicted octanol–water partition coefficient (Wildman–Crippen LogP) is 2.40. The zero-order chi connectivity index (χ0) is 23.0. The summed E-state index contributed by atoms with van der Waals surface area (Å²) in [5, 5.41) is 24.9. The van der Waals surface area contributed by atoms with Crippen molar-refractivity contribution >= 4 is 29.2 Å². The van der Waals surface area contributed by atoms with Gasteiger partial charge in [0, 0.05) is 17.7 Å². The van der Waals surface area contributed by atoms with Crippen LogP contribution in [-0.4, -0.2) is 35.4 Å². The Bertz CT molecular complexity index is 1030. The summed E-state index contributed by atoms with van der Waals surface area (Å²) in [7, 11) is 0. The van der Waals surface area contributed by atoms with Crippen LogP contribution in [0, 0.1) is 27.4 Å². The van der Waals surface area contributed by atoms with Crippen LogP contribution in [0.2, 0.25) is 0 Å². The maximum Gasteiger partial charge on any atom is 0.329 e. The summed E-state index contributed by atoms with van der Waals surface area (Å²) in [5.74, 6) is -2.29. The molecule has 2 N–H and O–H groups in total. The Hall–Kier alpha value is -4.26. The molecule has 0 aliphatic rings. The molecule has 1 atom stereocenters. The van der Waals surface area contributed by atoms with Crippen molar-refractivity contribution in [1.82, 2.24) is 5.32 Å². The third-order valence-electron chi connectivity index (χ3n) is 4.20. The number of anilines is 1. The molecule has 160 valence electrons. The van der Waals surface area contributed by atoms with E-state index in [2.05, 4.69) is 10.6 Å². The number of nitro groups is 1. The number of rotatable bonds is 8. The second-order valence-electron chi connectivity index (χ2n) is 6.82. The van der Waals surface area contributed by atoms with Crippen LogP contribution in [0.25, 0.3) is 0 Å². The van der Waals surface area contributed by atoms with E-state index in [4.69, 9.17) is 10.00 Å². The zero-order valence-electron chi connectivity index (χ0n) is 16.8. The molecule has 0 aromatic heterocycles. The van der Waals surface area contributed by atoms with Gasteiger partial charge in [0.05, 0.1) is 16.2 Å². The van der Waals surface area contributed by atoms with Gasteiger partial charge in [0.2, 0.25) is 0 Å². The van der Waals surface area contributed by atoms with Crippen LogP contribution in [0.5, 0.6) is 0 Å². The average molecular weight is 424 g/mol. The molecule has 10 nitrogen and oxygen atoms in total. The van der Waals surface area contributed by atoms with Gasteiger partial charge in [0.25, 0.3) is 17.5 Å². The first-order valence-corrected chi connectivity index (χ1v) is 9.24. The van der Waals surface area contributed by atoms with E-state index >= 15 is 0 Å². The second kappa shape index (κ2) is 10.5.